The standard InChI is InChI=1S/C15H22N2O2/c1-5-12(15(18)19-4)10-11-16-13-6-8-14(9-7-13)17(2)3/h6-10,16H,5,11H2,1-4H3/b12-10-. The normalized spacial score (nSPS) is 11.1. The zero-order chi connectivity index (χ0) is 14.3. The molecule has 1 aromatic carbocycles. The minimum absolute atomic E-state index is 0.257. The molecule has 0 saturated carbocycles. The third kappa shape index (κ3) is 4.66. The summed E-state index contributed by atoms with van der Waals surface area (Å²) >= 11 is 0. The van der Waals surface area contributed by atoms with Gasteiger partial charge in [-0.25, -0.2) is 4.79 Å². The quantitative estimate of drug-likeness (QED) is 0.632. The van der Waals surface area contributed by atoms with Gasteiger partial charge in [0, 0.05) is 37.6 Å². The second-order valence-electron chi connectivity index (χ2n) is 4.40. The number of ether oxygens (including phenoxy) is 1. The lowest BCUT2D eigenvalue weighted by molar-refractivity contribution is -0.136. The summed E-state index contributed by atoms with van der Waals surface area (Å²) in [7, 11) is 5.42. The van der Waals surface area contributed by atoms with Crippen LogP contribution in [0.4, 0.5) is 11.4 Å². The third-order valence-electron chi connectivity index (χ3n) is 2.87. The fraction of sp³-hybridized carbons (Fsp3) is 0.400. The van der Waals surface area contributed by atoms with Crippen LogP contribution in [-0.4, -0.2) is 33.7 Å². The number of carbonyl (C=O) groups excluding carboxylic acids is 1. The number of benzene rings is 1. The minimum atomic E-state index is -0.257. The fourth-order valence-corrected chi connectivity index (χ4v) is 1.67. The molecular formula is C15H22N2O2. The van der Waals surface area contributed by atoms with Crippen molar-refractivity contribution in [2.45, 2.75) is 13.3 Å². The zero-order valence-electron chi connectivity index (χ0n) is 12.1. The Bertz CT molecular complexity index is 436. The fourth-order valence-electron chi connectivity index (χ4n) is 1.67. The number of rotatable bonds is 6. The van der Waals surface area contributed by atoms with Crippen LogP contribution in [0.2, 0.25) is 0 Å². The first kappa shape index (κ1) is 15.1. The van der Waals surface area contributed by atoms with Crippen molar-refractivity contribution in [2.24, 2.45) is 0 Å². The van der Waals surface area contributed by atoms with Crippen LogP contribution in [0.1, 0.15) is 13.3 Å². The van der Waals surface area contributed by atoms with Gasteiger partial charge in [0.1, 0.15) is 0 Å². The second kappa shape index (κ2) is 7.46. The number of nitrogens with one attached hydrogen (secondary N) is 1. The molecule has 0 aliphatic heterocycles. The number of carbonyl (C=O) groups is 1. The number of hydrogen-bond acceptors (Lipinski definition) is 4. The molecule has 19 heavy (non-hydrogen) atoms. The Morgan fingerprint density at radius 1 is 1.32 bits per heavy atom. The molecule has 1 rings (SSSR count). The van der Waals surface area contributed by atoms with Crippen molar-refractivity contribution in [2.75, 3.05) is 38.0 Å². The van der Waals surface area contributed by atoms with Crippen LogP contribution in [-0.2, 0) is 9.53 Å². The maximum absolute atomic E-state index is 11.4. The smallest absolute Gasteiger partial charge is 0.333 e. The summed E-state index contributed by atoms with van der Waals surface area (Å²) in [5, 5.41) is 3.25. The molecule has 0 saturated heterocycles. The van der Waals surface area contributed by atoms with E-state index >= 15 is 0 Å². The molecule has 4 heteroatoms. The highest BCUT2D eigenvalue weighted by Gasteiger charge is 2.05. The number of methoxy groups -OCH3 is 1. The van der Waals surface area contributed by atoms with Gasteiger partial charge >= 0.3 is 5.97 Å². The first-order valence-electron chi connectivity index (χ1n) is 6.37. The Morgan fingerprint density at radius 2 is 1.95 bits per heavy atom. The van der Waals surface area contributed by atoms with Crippen LogP contribution in [0, 0.1) is 0 Å². The summed E-state index contributed by atoms with van der Waals surface area (Å²) in [6.07, 6.45) is 2.54. The van der Waals surface area contributed by atoms with Crippen molar-refractivity contribution in [3.63, 3.8) is 0 Å². The highest BCUT2D eigenvalue weighted by atomic mass is 16.5. The van der Waals surface area contributed by atoms with E-state index in [1.165, 1.54) is 7.11 Å². The molecule has 1 N–H and O–H groups in total. The van der Waals surface area contributed by atoms with Gasteiger partial charge < -0.3 is 15.0 Å². The van der Waals surface area contributed by atoms with E-state index in [1.807, 2.05) is 51.4 Å². The topological polar surface area (TPSA) is 41.6 Å². The van der Waals surface area contributed by atoms with E-state index in [4.69, 9.17) is 4.74 Å². The van der Waals surface area contributed by atoms with Gasteiger partial charge in [0.2, 0.25) is 0 Å². The third-order valence-corrected chi connectivity index (χ3v) is 2.87. The average Bonchev–Trinajstić information content (AvgIpc) is 2.43. The van der Waals surface area contributed by atoms with Crippen LogP contribution in [0.25, 0.3) is 0 Å². The van der Waals surface area contributed by atoms with Gasteiger partial charge in [0.15, 0.2) is 0 Å². The second-order valence-corrected chi connectivity index (χ2v) is 4.40. The van der Waals surface area contributed by atoms with Gasteiger partial charge in [-0.1, -0.05) is 13.0 Å². The Hall–Kier alpha value is -1.97. The molecule has 0 heterocycles. The van der Waals surface area contributed by atoms with E-state index < -0.39 is 0 Å². The molecule has 0 aromatic heterocycles. The lowest BCUT2D eigenvalue weighted by atomic mass is 10.2. The maximum Gasteiger partial charge on any atom is 0.333 e. The van der Waals surface area contributed by atoms with E-state index in [1.54, 1.807) is 0 Å². The van der Waals surface area contributed by atoms with Crippen molar-refractivity contribution in [3.8, 4) is 0 Å². The number of anilines is 2. The highest BCUT2D eigenvalue weighted by Crippen LogP contribution is 2.15. The Balaban J connectivity index is 2.57. The van der Waals surface area contributed by atoms with Gasteiger partial charge in [-0.2, -0.15) is 0 Å². The Labute approximate surface area is 115 Å². The summed E-state index contributed by atoms with van der Waals surface area (Å²) in [6, 6.07) is 8.14. The molecule has 0 bridgehead atoms. The average molecular weight is 262 g/mol. The molecule has 4 nitrogen and oxygen atoms in total. The zero-order valence-corrected chi connectivity index (χ0v) is 12.1. The Kier molecular flexibility index (Phi) is 5.93. The molecule has 0 unspecified atom stereocenters. The molecule has 0 spiro atoms. The van der Waals surface area contributed by atoms with Crippen molar-refractivity contribution in [3.05, 3.63) is 35.9 Å². The lowest BCUT2D eigenvalue weighted by Crippen LogP contribution is -2.09. The van der Waals surface area contributed by atoms with Gasteiger partial charge in [0.25, 0.3) is 0 Å². The van der Waals surface area contributed by atoms with E-state index in [0.717, 1.165) is 11.4 Å². The van der Waals surface area contributed by atoms with Crippen molar-refractivity contribution >= 4 is 17.3 Å². The highest BCUT2D eigenvalue weighted by molar-refractivity contribution is 5.88. The molecule has 0 fully saturated rings. The predicted molar refractivity (Wildman–Crippen MR) is 79.6 cm³/mol. The number of esters is 1. The van der Waals surface area contributed by atoms with E-state index in [2.05, 4.69) is 10.2 Å². The molecule has 0 radical (unpaired) electrons. The molecule has 104 valence electrons. The predicted octanol–water partition coefficient (Wildman–Crippen LogP) is 2.67. The monoisotopic (exact) mass is 262 g/mol. The molecule has 0 amide bonds. The summed E-state index contributed by atoms with van der Waals surface area (Å²) in [4.78, 5) is 13.4. The SMILES string of the molecule is CC/C(=C/CNc1ccc(N(C)C)cc1)C(=O)OC. The maximum atomic E-state index is 11.4. The molecule has 0 atom stereocenters. The van der Waals surface area contributed by atoms with Gasteiger partial charge in [-0.3, -0.25) is 0 Å². The first-order valence-corrected chi connectivity index (χ1v) is 6.37. The van der Waals surface area contributed by atoms with Crippen molar-refractivity contribution in [1.82, 2.24) is 0 Å². The summed E-state index contributed by atoms with van der Waals surface area (Å²) < 4.78 is 4.71. The molecule has 0 aliphatic carbocycles. The summed E-state index contributed by atoms with van der Waals surface area (Å²) in [5.74, 6) is -0.257. The van der Waals surface area contributed by atoms with Crippen LogP contribution >= 0.6 is 0 Å². The minimum Gasteiger partial charge on any atom is -0.466 e. The van der Waals surface area contributed by atoms with Gasteiger partial charge in [-0.05, 0) is 30.7 Å². The van der Waals surface area contributed by atoms with E-state index in [-0.39, 0.29) is 5.97 Å². The summed E-state index contributed by atoms with van der Waals surface area (Å²) in [6.45, 7) is 2.55. The molecule has 0 aliphatic rings. The summed E-state index contributed by atoms with van der Waals surface area (Å²) in [5.41, 5.74) is 2.88. The van der Waals surface area contributed by atoms with E-state index in [9.17, 15) is 4.79 Å². The van der Waals surface area contributed by atoms with Crippen molar-refractivity contribution in [1.29, 1.82) is 0 Å². The first-order chi connectivity index (χ1) is 9.08. The van der Waals surface area contributed by atoms with E-state index in [0.29, 0.717) is 18.5 Å². The lowest BCUT2D eigenvalue weighted by Gasteiger charge is -2.13. The Morgan fingerprint density at radius 3 is 2.42 bits per heavy atom. The largest absolute Gasteiger partial charge is 0.466 e. The van der Waals surface area contributed by atoms with Crippen LogP contribution in [0.3, 0.4) is 0 Å². The van der Waals surface area contributed by atoms with Crippen LogP contribution in [0.15, 0.2) is 35.9 Å². The van der Waals surface area contributed by atoms with Gasteiger partial charge in [0.05, 0.1) is 7.11 Å². The number of nitrogens with zero attached hydrogens (tertiary/aromatic N) is 1. The number of hydrogen-bond donors (Lipinski definition) is 1. The van der Waals surface area contributed by atoms with Crippen LogP contribution in [0.5, 0.6) is 0 Å². The molecular weight excluding hydrogens is 240 g/mol. The molecule has 1 aromatic rings. The van der Waals surface area contributed by atoms with Crippen molar-refractivity contribution < 1.29 is 9.53 Å². The van der Waals surface area contributed by atoms with Crippen LogP contribution < -0.4 is 10.2 Å². The van der Waals surface area contributed by atoms with Gasteiger partial charge in [-0.15, -0.1) is 0 Å².